The van der Waals surface area contributed by atoms with E-state index in [-0.39, 0.29) is 17.2 Å². The van der Waals surface area contributed by atoms with Gasteiger partial charge in [0.2, 0.25) is 5.91 Å². The maximum Gasteiger partial charge on any atom is 0.243 e. The van der Waals surface area contributed by atoms with Crippen molar-refractivity contribution in [2.45, 2.75) is 11.3 Å². The van der Waals surface area contributed by atoms with Crippen LogP contribution >= 0.6 is 11.8 Å². The number of rotatable bonds is 0. The molecule has 0 aliphatic carbocycles. The van der Waals surface area contributed by atoms with Crippen LogP contribution in [0.5, 0.6) is 0 Å². The Labute approximate surface area is 69.2 Å². The molecule has 0 saturated heterocycles. The third-order valence-corrected chi connectivity index (χ3v) is 2.90. The largest absolute Gasteiger partial charge is 0.305 e. The molecule has 0 radical (unpaired) electrons. The molecule has 2 aliphatic heterocycles. The lowest BCUT2D eigenvalue weighted by molar-refractivity contribution is -0.126. The van der Waals surface area contributed by atoms with Gasteiger partial charge < -0.3 is 4.90 Å². The van der Waals surface area contributed by atoms with E-state index in [1.54, 1.807) is 30.0 Å². The molecule has 0 fully saturated rings. The normalized spacial score (nSPS) is 34.6. The zero-order valence-electron chi connectivity index (χ0n) is 6.10. The SMILES string of the molecule is CN1C=NC2C=CSC2C1=O. The van der Waals surface area contributed by atoms with Crippen LogP contribution in [-0.4, -0.2) is 35.5 Å². The van der Waals surface area contributed by atoms with Crippen molar-refractivity contribution in [1.29, 1.82) is 0 Å². The van der Waals surface area contributed by atoms with Gasteiger partial charge in [0, 0.05) is 7.05 Å². The molecule has 0 N–H and O–H groups in total. The highest BCUT2D eigenvalue weighted by Crippen LogP contribution is 2.29. The van der Waals surface area contributed by atoms with Gasteiger partial charge in [-0.3, -0.25) is 9.79 Å². The first-order chi connectivity index (χ1) is 5.29. The second-order valence-corrected chi connectivity index (χ2v) is 3.64. The molecule has 11 heavy (non-hydrogen) atoms. The Bertz CT molecular complexity index is 249. The van der Waals surface area contributed by atoms with Gasteiger partial charge in [0.15, 0.2) is 0 Å². The summed E-state index contributed by atoms with van der Waals surface area (Å²) in [6.45, 7) is 0. The highest BCUT2D eigenvalue weighted by molar-refractivity contribution is 8.03. The van der Waals surface area contributed by atoms with Gasteiger partial charge in [0.05, 0.1) is 12.4 Å². The predicted octanol–water partition coefficient (Wildman–Crippen LogP) is 0.484. The number of hydrogen-bond acceptors (Lipinski definition) is 3. The molecule has 3 nitrogen and oxygen atoms in total. The Balaban J connectivity index is 2.28. The van der Waals surface area contributed by atoms with Crippen molar-refractivity contribution in [3.8, 4) is 0 Å². The summed E-state index contributed by atoms with van der Waals surface area (Å²) in [6, 6.07) is 0.0868. The number of carbonyl (C=O) groups is 1. The molecule has 0 spiro atoms. The lowest BCUT2D eigenvalue weighted by Gasteiger charge is -2.23. The molecule has 2 aliphatic rings. The van der Waals surface area contributed by atoms with E-state index in [1.807, 2.05) is 11.5 Å². The van der Waals surface area contributed by atoms with Crippen LogP contribution in [0.15, 0.2) is 16.5 Å². The third kappa shape index (κ3) is 0.976. The van der Waals surface area contributed by atoms with Gasteiger partial charge in [-0.25, -0.2) is 0 Å². The summed E-state index contributed by atoms with van der Waals surface area (Å²) in [4.78, 5) is 17.1. The molecule has 2 atom stereocenters. The first-order valence-corrected chi connectivity index (χ1v) is 4.35. The molecule has 58 valence electrons. The molecular weight excluding hydrogens is 160 g/mol. The van der Waals surface area contributed by atoms with E-state index >= 15 is 0 Å². The average Bonchev–Trinajstić information content (AvgIpc) is 2.45. The van der Waals surface area contributed by atoms with Crippen LogP contribution in [0.1, 0.15) is 0 Å². The van der Waals surface area contributed by atoms with Crippen molar-refractivity contribution >= 4 is 24.0 Å². The first kappa shape index (κ1) is 6.91. The minimum atomic E-state index is 0.00463. The van der Waals surface area contributed by atoms with Crippen molar-refractivity contribution in [1.82, 2.24) is 4.90 Å². The van der Waals surface area contributed by atoms with Gasteiger partial charge in [-0.05, 0) is 5.41 Å². The Morgan fingerprint density at radius 1 is 1.73 bits per heavy atom. The van der Waals surface area contributed by atoms with E-state index in [2.05, 4.69) is 4.99 Å². The van der Waals surface area contributed by atoms with Crippen LogP contribution in [0.25, 0.3) is 0 Å². The van der Waals surface area contributed by atoms with E-state index in [0.29, 0.717) is 0 Å². The van der Waals surface area contributed by atoms with Gasteiger partial charge in [0.25, 0.3) is 0 Å². The second kappa shape index (κ2) is 2.37. The van der Waals surface area contributed by atoms with E-state index in [0.717, 1.165) is 0 Å². The monoisotopic (exact) mass is 168 g/mol. The maximum absolute atomic E-state index is 11.4. The van der Waals surface area contributed by atoms with Crippen LogP contribution in [0.4, 0.5) is 0 Å². The first-order valence-electron chi connectivity index (χ1n) is 3.41. The summed E-state index contributed by atoms with van der Waals surface area (Å²) < 4.78 is 0. The second-order valence-electron chi connectivity index (χ2n) is 2.59. The van der Waals surface area contributed by atoms with Gasteiger partial charge in [-0.15, -0.1) is 11.8 Å². The summed E-state index contributed by atoms with van der Waals surface area (Å²) in [7, 11) is 1.74. The quantitative estimate of drug-likeness (QED) is 0.527. The molecule has 2 heterocycles. The number of amides is 1. The van der Waals surface area contributed by atoms with Crippen LogP contribution in [0.2, 0.25) is 0 Å². The highest BCUT2D eigenvalue weighted by Gasteiger charge is 2.34. The summed E-state index contributed by atoms with van der Waals surface area (Å²) in [6.07, 6.45) is 3.57. The summed E-state index contributed by atoms with van der Waals surface area (Å²) in [5, 5.41) is 1.95. The fraction of sp³-hybridized carbons (Fsp3) is 0.429. The Morgan fingerprint density at radius 3 is 3.36 bits per heavy atom. The smallest absolute Gasteiger partial charge is 0.243 e. The van der Waals surface area contributed by atoms with Crippen molar-refractivity contribution in [3.63, 3.8) is 0 Å². The molecule has 4 heteroatoms. The Morgan fingerprint density at radius 2 is 2.55 bits per heavy atom. The molecule has 0 aromatic heterocycles. The number of carbonyl (C=O) groups excluding carboxylic acids is 1. The molecule has 1 amide bonds. The summed E-state index contributed by atoms with van der Waals surface area (Å²) in [5.41, 5.74) is 0. The standard InChI is InChI=1S/C7H8N2OS/c1-9-4-8-5-2-3-11-6(5)7(9)10/h2-6H,1H3. The number of hydrogen-bond donors (Lipinski definition) is 0. The number of nitrogens with zero attached hydrogens (tertiary/aromatic N) is 2. The highest BCUT2D eigenvalue weighted by atomic mass is 32.2. The fourth-order valence-corrected chi connectivity index (χ4v) is 2.18. The average molecular weight is 168 g/mol. The fourth-order valence-electron chi connectivity index (χ4n) is 1.16. The zero-order chi connectivity index (χ0) is 7.84. The van der Waals surface area contributed by atoms with Crippen LogP contribution in [-0.2, 0) is 4.79 Å². The molecule has 2 rings (SSSR count). The van der Waals surface area contributed by atoms with Gasteiger partial charge in [0.1, 0.15) is 5.25 Å². The summed E-state index contributed by atoms with van der Waals surface area (Å²) in [5.74, 6) is 0.153. The Hall–Kier alpha value is -0.770. The number of aliphatic imine (C=N–C) groups is 1. The van der Waals surface area contributed by atoms with Crippen LogP contribution < -0.4 is 0 Å². The Kier molecular flexibility index (Phi) is 1.49. The van der Waals surface area contributed by atoms with E-state index in [4.69, 9.17) is 0 Å². The molecular formula is C7H8N2OS. The van der Waals surface area contributed by atoms with Gasteiger partial charge >= 0.3 is 0 Å². The minimum absolute atomic E-state index is 0.00463. The lowest BCUT2D eigenvalue weighted by Crippen LogP contribution is -2.42. The summed E-state index contributed by atoms with van der Waals surface area (Å²) >= 11 is 1.55. The maximum atomic E-state index is 11.4. The van der Waals surface area contributed by atoms with E-state index in [1.165, 1.54) is 0 Å². The van der Waals surface area contributed by atoms with Crippen molar-refractivity contribution in [3.05, 3.63) is 11.5 Å². The van der Waals surface area contributed by atoms with Crippen molar-refractivity contribution in [2.75, 3.05) is 7.05 Å². The van der Waals surface area contributed by atoms with E-state index in [9.17, 15) is 4.79 Å². The van der Waals surface area contributed by atoms with Crippen LogP contribution in [0, 0.1) is 0 Å². The zero-order valence-corrected chi connectivity index (χ0v) is 6.91. The predicted molar refractivity (Wildman–Crippen MR) is 45.6 cm³/mol. The van der Waals surface area contributed by atoms with Gasteiger partial charge in [-0.2, -0.15) is 0 Å². The molecule has 0 bridgehead atoms. The number of thioether (sulfide) groups is 1. The van der Waals surface area contributed by atoms with E-state index < -0.39 is 0 Å². The third-order valence-electron chi connectivity index (χ3n) is 1.81. The number of fused-ring (bicyclic) bond motifs is 1. The molecule has 0 aromatic carbocycles. The van der Waals surface area contributed by atoms with Crippen LogP contribution in [0.3, 0.4) is 0 Å². The van der Waals surface area contributed by atoms with Gasteiger partial charge in [-0.1, -0.05) is 6.08 Å². The van der Waals surface area contributed by atoms with Crippen molar-refractivity contribution < 1.29 is 4.79 Å². The topological polar surface area (TPSA) is 32.7 Å². The molecule has 2 unspecified atom stereocenters. The molecule has 0 saturated carbocycles. The van der Waals surface area contributed by atoms with Crippen molar-refractivity contribution in [2.24, 2.45) is 4.99 Å². The molecule has 0 aromatic rings. The lowest BCUT2D eigenvalue weighted by atomic mass is 10.2. The minimum Gasteiger partial charge on any atom is -0.305 e.